The zero-order chi connectivity index (χ0) is 22.5. The van der Waals surface area contributed by atoms with Crippen LogP contribution in [0, 0.1) is 5.92 Å². The molecule has 2 aromatic carbocycles. The summed E-state index contributed by atoms with van der Waals surface area (Å²) < 4.78 is 18.2. The van der Waals surface area contributed by atoms with E-state index in [4.69, 9.17) is 14.2 Å². The number of hydrogen-bond acceptors (Lipinski definition) is 5. The van der Waals surface area contributed by atoms with Crippen molar-refractivity contribution in [1.82, 2.24) is 5.32 Å². The van der Waals surface area contributed by atoms with Gasteiger partial charge in [-0.15, -0.1) is 0 Å². The van der Waals surface area contributed by atoms with Crippen LogP contribution in [0.2, 0.25) is 0 Å². The van der Waals surface area contributed by atoms with Crippen molar-refractivity contribution in [2.45, 2.75) is 51.9 Å². The van der Waals surface area contributed by atoms with E-state index in [0.29, 0.717) is 6.61 Å². The molecule has 1 heterocycles. The van der Waals surface area contributed by atoms with Crippen molar-refractivity contribution in [2.24, 2.45) is 5.92 Å². The highest BCUT2D eigenvalue weighted by molar-refractivity contribution is 5.73. The minimum atomic E-state index is -0.0561. The Morgan fingerprint density at radius 1 is 1.03 bits per heavy atom. The van der Waals surface area contributed by atoms with Gasteiger partial charge in [-0.2, -0.15) is 0 Å². The lowest BCUT2D eigenvalue weighted by Crippen LogP contribution is -2.32. The SMILES string of the molecule is CCOC1CN(c2ccc(OCC3CC3)cc2)C[C@@H]1Oc1ccc([C@H](C)NC(C)=O)cc1. The number of hydrogen-bond donors (Lipinski definition) is 1. The molecule has 1 saturated carbocycles. The highest BCUT2D eigenvalue weighted by Crippen LogP contribution is 2.31. The fourth-order valence-corrected chi connectivity index (χ4v) is 4.09. The molecule has 4 rings (SSSR count). The summed E-state index contributed by atoms with van der Waals surface area (Å²) in [4.78, 5) is 13.6. The van der Waals surface area contributed by atoms with Crippen molar-refractivity contribution in [3.8, 4) is 11.5 Å². The molecule has 0 spiro atoms. The van der Waals surface area contributed by atoms with Crippen LogP contribution in [0.4, 0.5) is 5.69 Å². The number of amides is 1. The Balaban J connectivity index is 1.37. The number of carbonyl (C=O) groups is 1. The van der Waals surface area contributed by atoms with E-state index in [0.717, 1.165) is 48.4 Å². The van der Waals surface area contributed by atoms with Gasteiger partial charge in [0.25, 0.3) is 0 Å². The number of rotatable bonds is 10. The Bertz CT molecular complexity index is 880. The molecule has 2 fully saturated rings. The second-order valence-electron chi connectivity index (χ2n) is 8.79. The summed E-state index contributed by atoms with van der Waals surface area (Å²) in [6.07, 6.45) is 2.54. The molecule has 172 valence electrons. The summed E-state index contributed by atoms with van der Waals surface area (Å²) in [7, 11) is 0. The fraction of sp³-hybridized carbons (Fsp3) is 0.500. The van der Waals surface area contributed by atoms with Crippen LogP contribution in [-0.4, -0.2) is 44.4 Å². The summed E-state index contributed by atoms with van der Waals surface area (Å²) in [5.41, 5.74) is 2.20. The van der Waals surface area contributed by atoms with E-state index < -0.39 is 0 Å². The molecule has 1 unspecified atom stereocenters. The standard InChI is InChI=1S/C26H34N2O4/c1-4-30-25-15-28(22-9-13-23(14-10-22)31-17-20-5-6-20)16-26(25)32-24-11-7-21(8-12-24)18(2)27-19(3)29/h7-14,18,20,25-26H,4-6,15-17H2,1-3H3,(H,27,29)/t18-,25?,26-/m0/s1. The molecular weight excluding hydrogens is 404 g/mol. The van der Waals surface area contributed by atoms with Crippen LogP contribution in [0.1, 0.15) is 45.2 Å². The quantitative estimate of drug-likeness (QED) is 0.598. The summed E-state index contributed by atoms with van der Waals surface area (Å²) >= 11 is 0. The lowest BCUT2D eigenvalue weighted by atomic mass is 10.1. The van der Waals surface area contributed by atoms with Crippen LogP contribution in [0.15, 0.2) is 48.5 Å². The molecule has 1 N–H and O–H groups in total. The van der Waals surface area contributed by atoms with Gasteiger partial charge in [-0.25, -0.2) is 0 Å². The summed E-state index contributed by atoms with van der Waals surface area (Å²) in [6, 6.07) is 16.2. The normalized spacial score (nSPS) is 21.3. The third-order valence-electron chi connectivity index (χ3n) is 6.07. The van der Waals surface area contributed by atoms with Crippen molar-refractivity contribution < 1.29 is 19.0 Å². The van der Waals surface area contributed by atoms with Crippen LogP contribution < -0.4 is 19.7 Å². The van der Waals surface area contributed by atoms with Gasteiger partial charge in [0.1, 0.15) is 23.7 Å². The van der Waals surface area contributed by atoms with Crippen molar-refractivity contribution >= 4 is 11.6 Å². The van der Waals surface area contributed by atoms with Crippen molar-refractivity contribution in [3.05, 3.63) is 54.1 Å². The first-order valence-corrected chi connectivity index (χ1v) is 11.6. The average molecular weight is 439 g/mol. The molecule has 0 bridgehead atoms. The Morgan fingerprint density at radius 2 is 1.69 bits per heavy atom. The smallest absolute Gasteiger partial charge is 0.217 e. The first-order valence-electron chi connectivity index (χ1n) is 11.6. The van der Waals surface area contributed by atoms with E-state index in [9.17, 15) is 4.79 Å². The summed E-state index contributed by atoms with van der Waals surface area (Å²) in [5.74, 6) is 2.46. The summed E-state index contributed by atoms with van der Waals surface area (Å²) in [6.45, 7) is 8.55. The number of anilines is 1. The molecule has 0 radical (unpaired) electrons. The molecule has 6 heteroatoms. The molecular formula is C26H34N2O4. The highest BCUT2D eigenvalue weighted by atomic mass is 16.5. The zero-order valence-electron chi connectivity index (χ0n) is 19.3. The topological polar surface area (TPSA) is 60.0 Å². The predicted octanol–water partition coefficient (Wildman–Crippen LogP) is 4.35. The largest absolute Gasteiger partial charge is 0.493 e. The molecule has 2 aliphatic rings. The van der Waals surface area contributed by atoms with Crippen LogP contribution in [0.25, 0.3) is 0 Å². The number of nitrogens with zero attached hydrogens (tertiary/aromatic N) is 1. The van der Waals surface area contributed by atoms with E-state index in [2.05, 4.69) is 34.5 Å². The predicted molar refractivity (Wildman–Crippen MR) is 125 cm³/mol. The monoisotopic (exact) mass is 438 g/mol. The molecule has 1 amide bonds. The van der Waals surface area contributed by atoms with E-state index in [1.54, 1.807) is 0 Å². The van der Waals surface area contributed by atoms with Crippen LogP contribution >= 0.6 is 0 Å². The first-order chi connectivity index (χ1) is 15.5. The first kappa shape index (κ1) is 22.5. The maximum atomic E-state index is 11.3. The fourth-order valence-electron chi connectivity index (χ4n) is 4.09. The lowest BCUT2D eigenvalue weighted by molar-refractivity contribution is -0.119. The maximum Gasteiger partial charge on any atom is 0.217 e. The van der Waals surface area contributed by atoms with Gasteiger partial charge < -0.3 is 24.4 Å². The lowest BCUT2D eigenvalue weighted by Gasteiger charge is -2.20. The van der Waals surface area contributed by atoms with E-state index in [1.165, 1.54) is 19.8 Å². The Morgan fingerprint density at radius 3 is 2.31 bits per heavy atom. The highest BCUT2D eigenvalue weighted by Gasteiger charge is 2.35. The molecule has 1 aliphatic heterocycles. The van der Waals surface area contributed by atoms with E-state index >= 15 is 0 Å². The van der Waals surface area contributed by atoms with Gasteiger partial charge in [0.2, 0.25) is 5.91 Å². The number of benzene rings is 2. The number of ether oxygens (including phenoxy) is 3. The second-order valence-corrected chi connectivity index (χ2v) is 8.79. The average Bonchev–Trinajstić information content (AvgIpc) is 3.54. The Labute approximate surface area is 190 Å². The maximum absolute atomic E-state index is 11.3. The van der Waals surface area contributed by atoms with Gasteiger partial charge in [0.15, 0.2) is 0 Å². The minimum Gasteiger partial charge on any atom is -0.493 e. The molecule has 2 aromatic rings. The number of nitrogens with one attached hydrogen (secondary N) is 1. The second kappa shape index (κ2) is 10.3. The molecule has 3 atom stereocenters. The Hall–Kier alpha value is -2.73. The van der Waals surface area contributed by atoms with Crippen molar-refractivity contribution in [2.75, 3.05) is 31.2 Å². The molecule has 1 aliphatic carbocycles. The van der Waals surface area contributed by atoms with Crippen LogP contribution in [0.5, 0.6) is 11.5 Å². The van der Waals surface area contributed by atoms with E-state index in [-0.39, 0.29) is 24.2 Å². The van der Waals surface area contributed by atoms with Gasteiger partial charge >= 0.3 is 0 Å². The van der Waals surface area contributed by atoms with E-state index in [1.807, 2.05) is 38.1 Å². The van der Waals surface area contributed by atoms with Crippen molar-refractivity contribution in [3.63, 3.8) is 0 Å². The van der Waals surface area contributed by atoms with Crippen LogP contribution in [0.3, 0.4) is 0 Å². The molecule has 1 saturated heterocycles. The number of carbonyl (C=O) groups excluding carboxylic acids is 1. The van der Waals surface area contributed by atoms with Gasteiger partial charge in [-0.1, -0.05) is 12.1 Å². The van der Waals surface area contributed by atoms with Gasteiger partial charge in [-0.05, 0) is 74.6 Å². The third kappa shape index (κ3) is 5.94. The zero-order valence-corrected chi connectivity index (χ0v) is 19.3. The van der Waals surface area contributed by atoms with Gasteiger partial charge in [0, 0.05) is 25.8 Å². The summed E-state index contributed by atoms with van der Waals surface area (Å²) in [5, 5.41) is 2.90. The molecule has 0 aromatic heterocycles. The minimum absolute atomic E-state index is 0.00349. The van der Waals surface area contributed by atoms with Gasteiger partial charge in [0.05, 0.1) is 19.2 Å². The van der Waals surface area contributed by atoms with Gasteiger partial charge in [-0.3, -0.25) is 4.79 Å². The van der Waals surface area contributed by atoms with Crippen molar-refractivity contribution in [1.29, 1.82) is 0 Å². The molecule has 32 heavy (non-hydrogen) atoms. The third-order valence-corrected chi connectivity index (χ3v) is 6.07. The molecule has 6 nitrogen and oxygen atoms in total. The van der Waals surface area contributed by atoms with Crippen LogP contribution in [-0.2, 0) is 9.53 Å². The Kier molecular flexibility index (Phi) is 7.20.